The van der Waals surface area contributed by atoms with Crippen molar-refractivity contribution in [3.8, 4) is 0 Å². The second kappa shape index (κ2) is 6.48. The summed E-state index contributed by atoms with van der Waals surface area (Å²) in [6.45, 7) is 2.57. The van der Waals surface area contributed by atoms with Gasteiger partial charge in [-0.15, -0.1) is 0 Å². The molecule has 0 aliphatic rings. The van der Waals surface area contributed by atoms with Gasteiger partial charge in [0.25, 0.3) is 0 Å². The van der Waals surface area contributed by atoms with Gasteiger partial charge in [-0.05, 0) is 31.2 Å². The van der Waals surface area contributed by atoms with Gasteiger partial charge in [-0.3, -0.25) is 9.38 Å². The standard InChI is InChI=1S/C20H19N5O/c1-3-23(2)20(26)24(15-9-5-4-6-10-15)19-14-22-18-13-21-16-11-7-8-12-17(16)25(18)19/h4-14H,3H2,1-2H3. The van der Waals surface area contributed by atoms with E-state index in [9.17, 15) is 4.79 Å². The molecule has 0 spiro atoms. The highest BCUT2D eigenvalue weighted by molar-refractivity contribution is 5.99. The van der Waals surface area contributed by atoms with E-state index in [0.717, 1.165) is 16.7 Å². The topological polar surface area (TPSA) is 53.7 Å². The largest absolute Gasteiger partial charge is 0.330 e. The fourth-order valence-electron chi connectivity index (χ4n) is 2.97. The molecule has 4 aromatic rings. The number of aromatic nitrogens is 3. The highest BCUT2D eigenvalue weighted by atomic mass is 16.2. The Balaban J connectivity index is 2.00. The molecule has 0 unspecified atom stereocenters. The van der Waals surface area contributed by atoms with Gasteiger partial charge in [0.05, 0.1) is 29.1 Å². The maximum Gasteiger partial charge on any atom is 0.330 e. The number of fused-ring (bicyclic) bond motifs is 3. The van der Waals surface area contributed by atoms with Crippen molar-refractivity contribution >= 4 is 34.2 Å². The predicted molar refractivity (Wildman–Crippen MR) is 103 cm³/mol. The first-order chi connectivity index (χ1) is 12.7. The number of hydrogen-bond donors (Lipinski definition) is 0. The highest BCUT2D eigenvalue weighted by Crippen LogP contribution is 2.29. The van der Waals surface area contributed by atoms with E-state index in [1.54, 1.807) is 29.2 Å². The van der Waals surface area contributed by atoms with Crippen LogP contribution in [0.2, 0.25) is 0 Å². The molecule has 2 heterocycles. The molecule has 0 aliphatic carbocycles. The number of amides is 2. The van der Waals surface area contributed by atoms with Gasteiger partial charge in [-0.25, -0.2) is 14.7 Å². The van der Waals surface area contributed by atoms with Crippen molar-refractivity contribution in [2.45, 2.75) is 6.92 Å². The van der Waals surface area contributed by atoms with E-state index >= 15 is 0 Å². The van der Waals surface area contributed by atoms with Gasteiger partial charge < -0.3 is 4.90 Å². The Labute approximate surface area is 151 Å². The number of para-hydroxylation sites is 3. The molecule has 0 N–H and O–H groups in total. The Morgan fingerprint density at radius 1 is 1.00 bits per heavy atom. The Morgan fingerprint density at radius 3 is 2.50 bits per heavy atom. The summed E-state index contributed by atoms with van der Waals surface area (Å²) in [4.78, 5) is 25.4. The number of carbonyl (C=O) groups is 1. The summed E-state index contributed by atoms with van der Waals surface area (Å²) in [5.41, 5.74) is 3.25. The van der Waals surface area contributed by atoms with Crippen LogP contribution in [0.3, 0.4) is 0 Å². The average molecular weight is 345 g/mol. The molecular formula is C20H19N5O. The van der Waals surface area contributed by atoms with Crippen molar-refractivity contribution in [3.63, 3.8) is 0 Å². The lowest BCUT2D eigenvalue weighted by atomic mass is 10.3. The van der Waals surface area contributed by atoms with Crippen LogP contribution in [0.15, 0.2) is 67.0 Å². The van der Waals surface area contributed by atoms with E-state index in [4.69, 9.17) is 0 Å². The molecule has 4 rings (SSSR count). The van der Waals surface area contributed by atoms with Crippen molar-refractivity contribution in [1.82, 2.24) is 19.3 Å². The van der Waals surface area contributed by atoms with Crippen molar-refractivity contribution in [2.24, 2.45) is 0 Å². The highest BCUT2D eigenvalue weighted by Gasteiger charge is 2.24. The Hall–Kier alpha value is -3.41. The van der Waals surface area contributed by atoms with Crippen molar-refractivity contribution < 1.29 is 4.79 Å². The molecule has 2 aromatic heterocycles. The van der Waals surface area contributed by atoms with Crippen LogP contribution in [-0.2, 0) is 0 Å². The first-order valence-corrected chi connectivity index (χ1v) is 8.52. The molecule has 0 radical (unpaired) electrons. The third-order valence-corrected chi connectivity index (χ3v) is 4.45. The molecule has 130 valence electrons. The summed E-state index contributed by atoms with van der Waals surface area (Å²) >= 11 is 0. The summed E-state index contributed by atoms with van der Waals surface area (Å²) in [5, 5.41) is 0. The number of rotatable bonds is 3. The van der Waals surface area contributed by atoms with E-state index in [0.29, 0.717) is 18.0 Å². The number of benzene rings is 2. The van der Waals surface area contributed by atoms with E-state index in [2.05, 4.69) is 9.97 Å². The van der Waals surface area contributed by atoms with Crippen molar-refractivity contribution in [2.75, 3.05) is 18.5 Å². The average Bonchev–Trinajstić information content (AvgIpc) is 3.12. The van der Waals surface area contributed by atoms with Gasteiger partial charge in [0, 0.05) is 13.6 Å². The molecule has 2 aromatic carbocycles. The molecule has 2 amide bonds. The quantitative estimate of drug-likeness (QED) is 0.562. The van der Waals surface area contributed by atoms with E-state index in [1.165, 1.54) is 0 Å². The number of urea groups is 1. The second-order valence-electron chi connectivity index (χ2n) is 6.02. The Bertz CT molecular complexity index is 1070. The van der Waals surface area contributed by atoms with E-state index < -0.39 is 0 Å². The minimum Gasteiger partial charge on any atom is -0.327 e. The molecule has 6 heteroatoms. The third kappa shape index (κ3) is 2.56. The Kier molecular flexibility index (Phi) is 4.01. The molecule has 26 heavy (non-hydrogen) atoms. The number of imidazole rings is 1. The second-order valence-corrected chi connectivity index (χ2v) is 6.02. The first-order valence-electron chi connectivity index (χ1n) is 8.52. The molecule has 0 saturated heterocycles. The molecule has 0 fully saturated rings. The summed E-state index contributed by atoms with van der Waals surface area (Å²) < 4.78 is 1.97. The summed E-state index contributed by atoms with van der Waals surface area (Å²) in [5.74, 6) is 0.690. The van der Waals surface area contributed by atoms with Crippen LogP contribution in [-0.4, -0.2) is 38.9 Å². The number of hydrogen-bond acceptors (Lipinski definition) is 3. The zero-order chi connectivity index (χ0) is 18.1. The zero-order valence-electron chi connectivity index (χ0n) is 14.7. The smallest absolute Gasteiger partial charge is 0.327 e. The lowest BCUT2D eigenvalue weighted by Crippen LogP contribution is -2.38. The minimum atomic E-state index is -0.110. The summed E-state index contributed by atoms with van der Waals surface area (Å²) in [6, 6.07) is 17.3. The molecule has 0 bridgehead atoms. The van der Waals surface area contributed by atoms with Crippen LogP contribution in [0.1, 0.15) is 6.92 Å². The third-order valence-electron chi connectivity index (χ3n) is 4.45. The monoisotopic (exact) mass is 345 g/mol. The number of carbonyl (C=O) groups excluding carboxylic acids is 1. The van der Waals surface area contributed by atoms with Gasteiger partial charge in [-0.1, -0.05) is 30.3 Å². The van der Waals surface area contributed by atoms with E-state index in [-0.39, 0.29) is 6.03 Å². The molecule has 6 nitrogen and oxygen atoms in total. The van der Waals surface area contributed by atoms with Gasteiger partial charge in [-0.2, -0.15) is 0 Å². The normalized spacial score (nSPS) is 11.0. The van der Waals surface area contributed by atoms with Crippen LogP contribution in [0.25, 0.3) is 16.7 Å². The minimum absolute atomic E-state index is 0.110. The first kappa shape index (κ1) is 16.1. The van der Waals surface area contributed by atoms with Crippen LogP contribution < -0.4 is 4.90 Å². The molecule has 0 aliphatic heterocycles. The van der Waals surface area contributed by atoms with Crippen LogP contribution in [0.4, 0.5) is 16.3 Å². The van der Waals surface area contributed by atoms with Gasteiger partial charge >= 0.3 is 6.03 Å². The fraction of sp³-hybridized carbons (Fsp3) is 0.150. The van der Waals surface area contributed by atoms with E-state index in [1.807, 2.05) is 65.9 Å². The number of nitrogens with zero attached hydrogens (tertiary/aromatic N) is 5. The maximum absolute atomic E-state index is 13.1. The molecular weight excluding hydrogens is 326 g/mol. The zero-order valence-corrected chi connectivity index (χ0v) is 14.7. The fourth-order valence-corrected chi connectivity index (χ4v) is 2.97. The van der Waals surface area contributed by atoms with Crippen molar-refractivity contribution in [3.05, 3.63) is 67.0 Å². The van der Waals surface area contributed by atoms with Gasteiger partial charge in [0.15, 0.2) is 5.65 Å². The SMILES string of the molecule is CCN(C)C(=O)N(c1ccccc1)c1cnc2cnc3ccccc3n12. The molecule has 0 atom stereocenters. The maximum atomic E-state index is 13.1. The Morgan fingerprint density at radius 2 is 1.73 bits per heavy atom. The lowest BCUT2D eigenvalue weighted by Gasteiger charge is -2.27. The molecule has 0 saturated carbocycles. The van der Waals surface area contributed by atoms with Crippen LogP contribution in [0, 0.1) is 0 Å². The van der Waals surface area contributed by atoms with Gasteiger partial charge in [0.1, 0.15) is 5.82 Å². The summed E-state index contributed by atoms with van der Waals surface area (Å²) in [6.07, 6.45) is 3.45. The number of anilines is 2. The summed E-state index contributed by atoms with van der Waals surface area (Å²) in [7, 11) is 1.79. The van der Waals surface area contributed by atoms with Crippen LogP contribution >= 0.6 is 0 Å². The lowest BCUT2D eigenvalue weighted by molar-refractivity contribution is 0.220. The van der Waals surface area contributed by atoms with Crippen LogP contribution in [0.5, 0.6) is 0 Å². The van der Waals surface area contributed by atoms with Gasteiger partial charge in [0.2, 0.25) is 0 Å². The van der Waals surface area contributed by atoms with Crippen molar-refractivity contribution in [1.29, 1.82) is 0 Å². The predicted octanol–water partition coefficient (Wildman–Crippen LogP) is 4.09.